The number of nitrogens with one attached hydrogen (secondary N) is 2. The maximum absolute atomic E-state index is 14.3. The summed E-state index contributed by atoms with van der Waals surface area (Å²) in [5, 5.41) is 6.64. The minimum atomic E-state index is -0.565. The molecule has 1 saturated heterocycles. The highest BCUT2D eigenvalue weighted by Gasteiger charge is 2.32. The first kappa shape index (κ1) is 24.4. The van der Waals surface area contributed by atoms with E-state index in [9.17, 15) is 13.6 Å². The van der Waals surface area contributed by atoms with Crippen LogP contribution in [-0.4, -0.2) is 68.0 Å². The average Bonchev–Trinajstić information content (AvgIpc) is 3.24. The lowest BCUT2D eigenvalue weighted by Crippen LogP contribution is -2.46. The number of amides is 1. The Morgan fingerprint density at radius 3 is 2.50 bits per heavy atom. The van der Waals surface area contributed by atoms with Gasteiger partial charge in [0.1, 0.15) is 11.6 Å². The number of halogens is 2. The van der Waals surface area contributed by atoms with Crippen LogP contribution in [0.15, 0.2) is 23.2 Å². The second kappa shape index (κ2) is 11.6. The molecule has 3 rings (SSSR count). The van der Waals surface area contributed by atoms with Gasteiger partial charge in [0, 0.05) is 37.2 Å². The van der Waals surface area contributed by atoms with Crippen molar-refractivity contribution in [1.82, 2.24) is 20.4 Å². The summed E-state index contributed by atoms with van der Waals surface area (Å²) in [7, 11) is 3.58. The molecule has 0 spiro atoms. The Labute approximate surface area is 190 Å². The molecule has 1 aromatic rings. The zero-order valence-corrected chi connectivity index (χ0v) is 19.5. The molecule has 0 radical (unpaired) electrons. The first-order valence-electron chi connectivity index (χ1n) is 11.8. The Hall–Kier alpha value is -2.22. The van der Waals surface area contributed by atoms with Crippen LogP contribution in [-0.2, 0) is 4.79 Å². The lowest BCUT2D eigenvalue weighted by atomic mass is 9.88. The van der Waals surface area contributed by atoms with Crippen LogP contribution in [0.25, 0.3) is 0 Å². The SMILES string of the molecule is CCNC(=NCC(c1c(F)cccc1F)N(C)C)NC1CCN(C(=O)C2CCCCC2)C1. The van der Waals surface area contributed by atoms with Crippen LogP contribution in [0.3, 0.4) is 0 Å². The van der Waals surface area contributed by atoms with Gasteiger partial charge < -0.3 is 20.4 Å². The smallest absolute Gasteiger partial charge is 0.225 e. The zero-order chi connectivity index (χ0) is 23.1. The van der Waals surface area contributed by atoms with Crippen LogP contribution in [0.1, 0.15) is 57.1 Å². The third-order valence-corrected chi connectivity index (χ3v) is 6.52. The fourth-order valence-electron chi connectivity index (χ4n) is 4.72. The molecule has 0 bridgehead atoms. The van der Waals surface area contributed by atoms with Crippen molar-refractivity contribution in [2.24, 2.45) is 10.9 Å². The average molecular weight is 450 g/mol. The minimum absolute atomic E-state index is 0.0298. The van der Waals surface area contributed by atoms with Gasteiger partial charge in [-0.2, -0.15) is 0 Å². The molecule has 0 aromatic heterocycles. The number of aliphatic imine (C=N–C) groups is 1. The monoisotopic (exact) mass is 449 g/mol. The molecule has 2 fully saturated rings. The summed E-state index contributed by atoms with van der Waals surface area (Å²) in [6, 6.07) is 3.51. The fourth-order valence-corrected chi connectivity index (χ4v) is 4.72. The van der Waals surface area contributed by atoms with E-state index in [1.807, 2.05) is 11.8 Å². The molecule has 32 heavy (non-hydrogen) atoms. The predicted molar refractivity (Wildman–Crippen MR) is 123 cm³/mol. The molecule has 2 unspecified atom stereocenters. The summed E-state index contributed by atoms with van der Waals surface area (Å²) in [6.45, 7) is 4.28. The predicted octanol–water partition coefficient (Wildman–Crippen LogP) is 3.30. The molecule has 8 heteroatoms. The van der Waals surface area contributed by atoms with Gasteiger partial charge in [0.15, 0.2) is 5.96 Å². The number of hydrogen-bond donors (Lipinski definition) is 2. The third kappa shape index (κ3) is 6.18. The summed E-state index contributed by atoms with van der Waals surface area (Å²) < 4.78 is 28.7. The number of rotatable bonds is 7. The van der Waals surface area contributed by atoms with Crippen molar-refractivity contribution in [1.29, 1.82) is 0 Å². The largest absolute Gasteiger partial charge is 0.357 e. The Balaban J connectivity index is 1.63. The number of likely N-dealkylation sites (N-methyl/N-ethyl adjacent to an activating group) is 1. The molecular formula is C24H37F2N5O. The molecule has 2 atom stereocenters. The summed E-state index contributed by atoms with van der Waals surface area (Å²) >= 11 is 0. The van der Waals surface area contributed by atoms with Crippen molar-refractivity contribution in [3.63, 3.8) is 0 Å². The van der Waals surface area contributed by atoms with Gasteiger partial charge in [0.05, 0.1) is 12.6 Å². The van der Waals surface area contributed by atoms with E-state index >= 15 is 0 Å². The molecule has 2 aliphatic rings. The molecule has 178 valence electrons. The lowest BCUT2D eigenvalue weighted by Gasteiger charge is -2.26. The molecule has 2 N–H and O–H groups in total. The van der Waals surface area contributed by atoms with E-state index in [4.69, 9.17) is 0 Å². The minimum Gasteiger partial charge on any atom is -0.357 e. The van der Waals surface area contributed by atoms with Gasteiger partial charge in [0.25, 0.3) is 0 Å². The van der Waals surface area contributed by atoms with Gasteiger partial charge in [-0.05, 0) is 52.4 Å². The summed E-state index contributed by atoms with van der Waals surface area (Å²) in [4.78, 5) is 21.2. The number of carbonyl (C=O) groups excluding carboxylic acids is 1. The lowest BCUT2D eigenvalue weighted by molar-refractivity contribution is -0.135. The molecule has 1 aromatic carbocycles. The van der Waals surface area contributed by atoms with Crippen molar-refractivity contribution in [2.45, 2.75) is 57.5 Å². The number of hydrogen-bond acceptors (Lipinski definition) is 3. The quantitative estimate of drug-likeness (QED) is 0.495. The highest BCUT2D eigenvalue weighted by atomic mass is 19.1. The van der Waals surface area contributed by atoms with E-state index in [0.717, 1.165) is 38.6 Å². The Bertz CT molecular complexity index is 774. The van der Waals surface area contributed by atoms with Crippen molar-refractivity contribution >= 4 is 11.9 Å². The second-order valence-electron chi connectivity index (χ2n) is 9.08. The van der Waals surface area contributed by atoms with Crippen LogP contribution in [0.5, 0.6) is 0 Å². The first-order chi connectivity index (χ1) is 15.4. The van der Waals surface area contributed by atoms with Crippen molar-refractivity contribution in [2.75, 3.05) is 40.3 Å². The topological polar surface area (TPSA) is 60.0 Å². The first-order valence-corrected chi connectivity index (χ1v) is 11.8. The van der Waals surface area contributed by atoms with E-state index < -0.39 is 17.7 Å². The number of benzene rings is 1. The molecular weight excluding hydrogens is 412 g/mol. The normalized spacial score (nSPS) is 21.1. The molecule has 1 aliphatic carbocycles. The van der Waals surface area contributed by atoms with Gasteiger partial charge in [-0.1, -0.05) is 25.3 Å². The fraction of sp³-hybridized carbons (Fsp3) is 0.667. The molecule has 1 aliphatic heterocycles. The third-order valence-electron chi connectivity index (χ3n) is 6.52. The molecule has 1 saturated carbocycles. The van der Waals surface area contributed by atoms with Gasteiger partial charge in [-0.3, -0.25) is 9.79 Å². The maximum Gasteiger partial charge on any atom is 0.225 e. The van der Waals surface area contributed by atoms with Gasteiger partial charge in [-0.15, -0.1) is 0 Å². The zero-order valence-electron chi connectivity index (χ0n) is 19.5. The van der Waals surface area contributed by atoms with E-state index in [2.05, 4.69) is 15.6 Å². The maximum atomic E-state index is 14.3. The van der Waals surface area contributed by atoms with Crippen LogP contribution >= 0.6 is 0 Å². The standard InChI is InChI=1S/C24H37F2N5O/c1-4-27-24(28-15-21(30(2)3)22-19(25)11-8-12-20(22)26)29-18-13-14-31(16-18)23(32)17-9-6-5-7-10-17/h8,11-12,17-18,21H,4-7,9-10,13-16H2,1-3H3,(H2,27,28,29). The number of guanidine groups is 1. The molecule has 1 heterocycles. The molecule has 6 nitrogen and oxygen atoms in total. The Morgan fingerprint density at radius 2 is 1.88 bits per heavy atom. The second-order valence-corrected chi connectivity index (χ2v) is 9.08. The van der Waals surface area contributed by atoms with Gasteiger partial charge in [-0.25, -0.2) is 8.78 Å². The number of carbonyl (C=O) groups is 1. The van der Waals surface area contributed by atoms with E-state index in [0.29, 0.717) is 25.0 Å². The van der Waals surface area contributed by atoms with E-state index in [1.54, 1.807) is 19.0 Å². The van der Waals surface area contributed by atoms with E-state index in [1.165, 1.54) is 24.6 Å². The van der Waals surface area contributed by atoms with Crippen molar-refractivity contribution in [3.8, 4) is 0 Å². The van der Waals surface area contributed by atoms with Crippen LogP contribution in [0.4, 0.5) is 8.78 Å². The van der Waals surface area contributed by atoms with Crippen LogP contribution in [0, 0.1) is 17.6 Å². The number of likely N-dealkylation sites (tertiary alicyclic amines) is 1. The summed E-state index contributed by atoms with van der Waals surface area (Å²) in [6.07, 6.45) is 6.42. The van der Waals surface area contributed by atoms with Crippen LogP contribution in [0.2, 0.25) is 0 Å². The van der Waals surface area contributed by atoms with Gasteiger partial charge in [0.2, 0.25) is 5.91 Å². The molecule has 1 amide bonds. The summed E-state index contributed by atoms with van der Waals surface area (Å²) in [5.41, 5.74) is 0.0298. The number of nitrogens with zero attached hydrogens (tertiary/aromatic N) is 3. The van der Waals surface area contributed by atoms with E-state index in [-0.39, 0.29) is 24.1 Å². The summed E-state index contributed by atoms with van der Waals surface area (Å²) in [5.74, 6) is -0.0540. The Morgan fingerprint density at radius 1 is 1.19 bits per heavy atom. The highest BCUT2D eigenvalue weighted by Crippen LogP contribution is 2.27. The highest BCUT2D eigenvalue weighted by molar-refractivity contribution is 5.81. The van der Waals surface area contributed by atoms with Crippen molar-refractivity contribution < 1.29 is 13.6 Å². The van der Waals surface area contributed by atoms with Crippen LogP contribution < -0.4 is 10.6 Å². The van der Waals surface area contributed by atoms with Crippen molar-refractivity contribution in [3.05, 3.63) is 35.4 Å². The Kier molecular flexibility index (Phi) is 8.84. The van der Waals surface area contributed by atoms with Gasteiger partial charge >= 0.3 is 0 Å².